The molecule has 0 saturated heterocycles. The third-order valence-corrected chi connectivity index (χ3v) is 3.32. The Hall–Kier alpha value is -2.49. The predicted molar refractivity (Wildman–Crippen MR) is 79.5 cm³/mol. The second-order valence-corrected chi connectivity index (χ2v) is 4.71. The zero-order chi connectivity index (χ0) is 13.9. The van der Waals surface area contributed by atoms with Crippen LogP contribution in [0, 0.1) is 0 Å². The average Bonchev–Trinajstić information content (AvgIpc) is 2.65. The Morgan fingerprint density at radius 1 is 1.20 bits per heavy atom. The number of carbonyl (C=O) groups is 1. The normalized spacial score (nSPS) is 14.1. The van der Waals surface area contributed by atoms with E-state index in [-0.39, 0.29) is 12.3 Å². The topological polar surface area (TPSA) is 54.4 Å². The van der Waals surface area contributed by atoms with E-state index in [1.807, 2.05) is 24.3 Å². The average molecular weight is 265 g/mol. The number of carbonyl (C=O) groups excluding carboxylic acids is 1. The van der Waals surface area contributed by atoms with Crippen molar-refractivity contribution in [2.45, 2.75) is 19.8 Å². The fourth-order valence-electron chi connectivity index (χ4n) is 2.20. The van der Waals surface area contributed by atoms with Gasteiger partial charge in [-0.3, -0.25) is 4.79 Å². The summed E-state index contributed by atoms with van der Waals surface area (Å²) >= 11 is 0. The van der Waals surface area contributed by atoms with E-state index in [2.05, 4.69) is 34.3 Å². The molecule has 2 heterocycles. The number of hydrogen-bond acceptors (Lipinski definition) is 3. The first-order valence-corrected chi connectivity index (χ1v) is 6.68. The molecule has 3 rings (SSSR count). The van der Waals surface area contributed by atoms with Crippen molar-refractivity contribution in [3.8, 4) is 0 Å². The van der Waals surface area contributed by atoms with Gasteiger partial charge in [0, 0.05) is 6.20 Å². The standard InChI is InChI=1S/C16H15N3O/c1-2-11-5-7-12(8-6-11)14-10-15(20)19-16-13(18-14)4-3-9-17-16/h3-9H,2,10H2,1H3,(H,17,19,20). The first-order valence-electron chi connectivity index (χ1n) is 6.68. The smallest absolute Gasteiger partial charge is 0.231 e. The molecular weight excluding hydrogens is 250 g/mol. The Bertz CT molecular complexity index is 674. The minimum absolute atomic E-state index is 0.0826. The first kappa shape index (κ1) is 12.5. The lowest BCUT2D eigenvalue weighted by Gasteiger charge is -2.04. The number of benzene rings is 1. The number of pyridine rings is 1. The van der Waals surface area contributed by atoms with Crippen LogP contribution < -0.4 is 5.32 Å². The van der Waals surface area contributed by atoms with Crippen LogP contribution in [0.25, 0.3) is 0 Å². The lowest BCUT2D eigenvalue weighted by atomic mass is 10.0. The fraction of sp³-hybridized carbons (Fsp3) is 0.188. The summed E-state index contributed by atoms with van der Waals surface area (Å²) in [5.74, 6) is 0.443. The Kier molecular flexibility index (Phi) is 3.29. The molecule has 0 fully saturated rings. The highest BCUT2D eigenvalue weighted by Gasteiger charge is 2.17. The summed E-state index contributed by atoms with van der Waals surface area (Å²) in [4.78, 5) is 20.7. The molecule has 0 aliphatic carbocycles. The molecular formula is C16H15N3O. The number of fused-ring (bicyclic) bond motifs is 1. The number of nitrogens with zero attached hydrogens (tertiary/aromatic N) is 2. The first-order chi connectivity index (χ1) is 9.76. The molecule has 100 valence electrons. The molecule has 1 aromatic heterocycles. The third-order valence-electron chi connectivity index (χ3n) is 3.32. The van der Waals surface area contributed by atoms with Crippen LogP contribution in [-0.4, -0.2) is 16.6 Å². The third kappa shape index (κ3) is 2.45. The lowest BCUT2D eigenvalue weighted by Crippen LogP contribution is -2.15. The maximum atomic E-state index is 11.9. The second kappa shape index (κ2) is 5.25. The van der Waals surface area contributed by atoms with Gasteiger partial charge >= 0.3 is 0 Å². The number of amides is 1. The maximum absolute atomic E-state index is 11.9. The van der Waals surface area contributed by atoms with Crippen molar-refractivity contribution >= 4 is 23.1 Å². The molecule has 1 N–H and O–H groups in total. The molecule has 0 unspecified atom stereocenters. The summed E-state index contributed by atoms with van der Waals surface area (Å²) < 4.78 is 0. The zero-order valence-corrected chi connectivity index (χ0v) is 11.3. The van der Waals surface area contributed by atoms with Gasteiger partial charge in [-0.25, -0.2) is 9.98 Å². The highest BCUT2D eigenvalue weighted by atomic mass is 16.1. The maximum Gasteiger partial charge on any atom is 0.231 e. The molecule has 0 spiro atoms. The number of aromatic nitrogens is 1. The molecule has 4 heteroatoms. The quantitative estimate of drug-likeness (QED) is 0.907. The van der Waals surface area contributed by atoms with Gasteiger partial charge in [-0.1, -0.05) is 31.2 Å². The predicted octanol–water partition coefficient (Wildman–Crippen LogP) is 3.11. The molecule has 1 aliphatic heterocycles. The molecule has 0 atom stereocenters. The van der Waals surface area contributed by atoms with E-state index in [4.69, 9.17) is 0 Å². The highest BCUT2D eigenvalue weighted by molar-refractivity contribution is 6.16. The number of rotatable bonds is 2. The molecule has 4 nitrogen and oxygen atoms in total. The van der Waals surface area contributed by atoms with Gasteiger partial charge in [-0.05, 0) is 29.7 Å². The summed E-state index contributed by atoms with van der Waals surface area (Å²) in [5, 5.41) is 2.78. The molecule has 0 bridgehead atoms. The van der Waals surface area contributed by atoms with Crippen LogP contribution in [0.1, 0.15) is 24.5 Å². The van der Waals surface area contributed by atoms with Crippen molar-refractivity contribution in [3.05, 3.63) is 53.7 Å². The van der Waals surface area contributed by atoms with Crippen LogP contribution in [0.15, 0.2) is 47.6 Å². The van der Waals surface area contributed by atoms with Gasteiger partial charge in [0.25, 0.3) is 0 Å². The largest absolute Gasteiger partial charge is 0.309 e. The Balaban J connectivity index is 2.03. The Morgan fingerprint density at radius 2 is 2.00 bits per heavy atom. The van der Waals surface area contributed by atoms with Crippen LogP contribution in [0.4, 0.5) is 11.5 Å². The van der Waals surface area contributed by atoms with Gasteiger partial charge < -0.3 is 5.32 Å². The van der Waals surface area contributed by atoms with Crippen LogP contribution in [-0.2, 0) is 11.2 Å². The Morgan fingerprint density at radius 3 is 2.75 bits per heavy atom. The van der Waals surface area contributed by atoms with Crippen molar-refractivity contribution in [2.24, 2.45) is 4.99 Å². The van der Waals surface area contributed by atoms with E-state index in [0.29, 0.717) is 11.5 Å². The van der Waals surface area contributed by atoms with E-state index in [9.17, 15) is 4.79 Å². The number of aryl methyl sites for hydroxylation is 1. The zero-order valence-electron chi connectivity index (χ0n) is 11.3. The van der Waals surface area contributed by atoms with Crippen LogP contribution in [0.3, 0.4) is 0 Å². The summed E-state index contributed by atoms with van der Waals surface area (Å²) in [6.45, 7) is 2.12. The van der Waals surface area contributed by atoms with E-state index in [1.165, 1.54) is 5.56 Å². The molecule has 1 amide bonds. The van der Waals surface area contributed by atoms with Gasteiger partial charge in [0.05, 0.1) is 12.1 Å². The molecule has 0 radical (unpaired) electrons. The molecule has 20 heavy (non-hydrogen) atoms. The summed E-state index contributed by atoms with van der Waals surface area (Å²) in [5.41, 5.74) is 3.73. The SMILES string of the molecule is CCc1ccc(C2=Nc3cccnc3NC(=O)C2)cc1. The van der Waals surface area contributed by atoms with Gasteiger partial charge in [-0.2, -0.15) is 0 Å². The van der Waals surface area contributed by atoms with Crippen molar-refractivity contribution in [1.82, 2.24) is 4.98 Å². The summed E-state index contributed by atoms with van der Waals surface area (Å²) in [6, 6.07) is 11.9. The van der Waals surface area contributed by atoms with Crippen molar-refractivity contribution < 1.29 is 4.79 Å². The number of hydrogen-bond donors (Lipinski definition) is 1. The summed E-state index contributed by atoms with van der Waals surface area (Å²) in [6.07, 6.45) is 2.91. The highest BCUT2D eigenvalue weighted by Crippen LogP contribution is 2.26. The van der Waals surface area contributed by atoms with Crippen molar-refractivity contribution in [3.63, 3.8) is 0 Å². The van der Waals surface area contributed by atoms with Gasteiger partial charge in [0.15, 0.2) is 5.82 Å². The number of aliphatic imine (C=N–C) groups is 1. The van der Waals surface area contributed by atoms with E-state index >= 15 is 0 Å². The second-order valence-electron chi connectivity index (χ2n) is 4.71. The van der Waals surface area contributed by atoms with Gasteiger partial charge in [-0.15, -0.1) is 0 Å². The number of anilines is 1. The number of nitrogens with one attached hydrogen (secondary N) is 1. The van der Waals surface area contributed by atoms with Crippen LogP contribution >= 0.6 is 0 Å². The van der Waals surface area contributed by atoms with Gasteiger partial charge in [0.1, 0.15) is 5.69 Å². The molecule has 1 aromatic carbocycles. The molecule has 1 aliphatic rings. The van der Waals surface area contributed by atoms with Gasteiger partial charge in [0.2, 0.25) is 5.91 Å². The minimum atomic E-state index is -0.0826. The van der Waals surface area contributed by atoms with Crippen molar-refractivity contribution in [2.75, 3.05) is 5.32 Å². The van der Waals surface area contributed by atoms with Crippen LogP contribution in [0.2, 0.25) is 0 Å². The minimum Gasteiger partial charge on any atom is -0.309 e. The van der Waals surface area contributed by atoms with Crippen molar-refractivity contribution in [1.29, 1.82) is 0 Å². The van der Waals surface area contributed by atoms with Crippen LogP contribution in [0.5, 0.6) is 0 Å². The fourth-order valence-corrected chi connectivity index (χ4v) is 2.20. The van der Waals surface area contributed by atoms with E-state index < -0.39 is 0 Å². The monoisotopic (exact) mass is 265 g/mol. The molecule has 0 saturated carbocycles. The molecule has 2 aromatic rings. The lowest BCUT2D eigenvalue weighted by molar-refractivity contribution is -0.115. The van der Waals surface area contributed by atoms with E-state index in [1.54, 1.807) is 6.20 Å². The Labute approximate surface area is 117 Å². The van der Waals surface area contributed by atoms with E-state index in [0.717, 1.165) is 17.7 Å². The summed E-state index contributed by atoms with van der Waals surface area (Å²) in [7, 11) is 0.